The lowest BCUT2D eigenvalue weighted by atomic mass is 10.1. The highest BCUT2D eigenvalue weighted by atomic mass is 35.5. The number of carbonyl (C=O) groups excluding carboxylic acids is 1. The second-order valence-corrected chi connectivity index (χ2v) is 5.52. The Labute approximate surface area is 134 Å². The van der Waals surface area contributed by atoms with E-state index in [1.165, 1.54) is 30.7 Å². The summed E-state index contributed by atoms with van der Waals surface area (Å²) in [5.74, 6) is -0.262. The molecule has 0 fully saturated rings. The van der Waals surface area contributed by atoms with Gasteiger partial charge < -0.3 is 5.32 Å². The Balaban J connectivity index is 2.03. The maximum Gasteiger partial charge on any atom is 0.257 e. The molecule has 1 N–H and O–H groups in total. The Morgan fingerprint density at radius 3 is 2.57 bits per heavy atom. The average molecular weight is 323 g/mol. The van der Waals surface area contributed by atoms with Crippen LogP contribution in [0.25, 0.3) is 0 Å². The van der Waals surface area contributed by atoms with Gasteiger partial charge in [-0.15, -0.1) is 0 Å². The van der Waals surface area contributed by atoms with Crippen molar-refractivity contribution in [1.82, 2.24) is 4.98 Å². The summed E-state index contributed by atoms with van der Waals surface area (Å²) in [5, 5.41) is 3.26. The molecule has 0 aliphatic carbocycles. The highest BCUT2D eigenvalue weighted by molar-refractivity contribution is 6.41. The summed E-state index contributed by atoms with van der Waals surface area (Å²) in [5.41, 5.74) is 2.39. The van der Waals surface area contributed by atoms with Gasteiger partial charge in [-0.2, -0.15) is 0 Å². The van der Waals surface area contributed by atoms with Crippen molar-refractivity contribution < 1.29 is 4.79 Å². The molecule has 0 radical (unpaired) electrons. The predicted molar refractivity (Wildman–Crippen MR) is 87.3 cm³/mol. The standard InChI is InChI=1S/C16H16Cl2N2O/c1-2-3-4-11-5-7-13(8-6-11)20-16(21)12-9-14(17)15(18)19-10-12/h5-10H,2-4H2,1H3,(H,20,21). The van der Waals surface area contributed by atoms with Crippen molar-refractivity contribution in [2.45, 2.75) is 26.2 Å². The Kier molecular flexibility index (Phi) is 5.59. The lowest BCUT2D eigenvalue weighted by Gasteiger charge is -2.07. The fourth-order valence-electron chi connectivity index (χ4n) is 1.88. The number of nitrogens with one attached hydrogen (secondary N) is 1. The van der Waals surface area contributed by atoms with Gasteiger partial charge >= 0.3 is 0 Å². The number of amides is 1. The van der Waals surface area contributed by atoms with Crippen LogP contribution in [0, 0.1) is 0 Å². The lowest BCUT2D eigenvalue weighted by molar-refractivity contribution is 0.102. The van der Waals surface area contributed by atoms with E-state index in [4.69, 9.17) is 23.2 Å². The number of aromatic nitrogens is 1. The summed E-state index contributed by atoms with van der Waals surface area (Å²) in [6, 6.07) is 9.35. The number of nitrogens with zero attached hydrogens (tertiary/aromatic N) is 1. The van der Waals surface area contributed by atoms with Crippen LogP contribution in [0.5, 0.6) is 0 Å². The molecule has 0 saturated carbocycles. The van der Waals surface area contributed by atoms with Crippen LogP contribution >= 0.6 is 23.2 Å². The molecule has 0 unspecified atom stereocenters. The molecule has 3 nitrogen and oxygen atoms in total. The summed E-state index contributed by atoms with van der Waals surface area (Å²) < 4.78 is 0. The van der Waals surface area contributed by atoms with Gasteiger partial charge in [0, 0.05) is 11.9 Å². The van der Waals surface area contributed by atoms with E-state index in [1.807, 2.05) is 24.3 Å². The van der Waals surface area contributed by atoms with E-state index in [-0.39, 0.29) is 16.1 Å². The van der Waals surface area contributed by atoms with Crippen molar-refractivity contribution >= 4 is 34.8 Å². The van der Waals surface area contributed by atoms with E-state index in [0.29, 0.717) is 5.56 Å². The van der Waals surface area contributed by atoms with Crippen LogP contribution in [0.4, 0.5) is 5.69 Å². The third-order valence-electron chi connectivity index (χ3n) is 3.09. The van der Waals surface area contributed by atoms with Gasteiger partial charge in [-0.05, 0) is 36.6 Å². The monoisotopic (exact) mass is 322 g/mol. The van der Waals surface area contributed by atoms with Crippen molar-refractivity contribution in [2.24, 2.45) is 0 Å². The summed E-state index contributed by atoms with van der Waals surface area (Å²) in [7, 11) is 0. The van der Waals surface area contributed by atoms with E-state index < -0.39 is 0 Å². The third kappa shape index (κ3) is 4.45. The SMILES string of the molecule is CCCCc1ccc(NC(=O)c2cnc(Cl)c(Cl)c2)cc1. The summed E-state index contributed by atoms with van der Waals surface area (Å²) in [4.78, 5) is 15.9. The largest absolute Gasteiger partial charge is 0.322 e. The Hall–Kier alpha value is -1.58. The smallest absolute Gasteiger partial charge is 0.257 e. The fraction of sp³-hybridized carbons (Fsp3) is 0.250. The summed E-state index contributed by atoms with van der Waals surface area (Å²) >= 11 is 11.6. The minimum atomic E-state index is -0.262. The number of rotatable bonds is 5. The van der Waals surface area contributed by atoms with Crippen LogP contribution in [-0.2, 0) is 6.42 Å². The Morgan fingerprint density at radius 1 is 1.24 bits per heavy atom. The number of benzene rings is 1. The molecule has 0 aliphatic heterocycles. The van der Waals surface area contributed by atoms with E-state index in [9.17, 15) is 4.79 Å². The van der Waals surface area contributed by atoms with Crippen LogP contribution < -0.4 is 5.32 Å². The molecule has 2 aromatic rings. The molecule has 110 valence electrons. The van der Waals surface area contributed by atoms with Crippen LogP contribution in [-0.4, -0.2) is 10.9 Å². The van der Waals surface area contributed by atoms with Crippen molar-refractivity contribution in [2.75, 3.05) is 5.32 Å². The van der Waals surface area contributed by atoms with Gasteiger partial charge in [0.15, 0.2) is 0 Å². The normalized spacial score (nSPS) is 10.4. The molecule has 1 heterocycles. The number of halogens is 2. The van der Waals surface area contributed by atoms with Gasteiger partial charge in [0.05, 0.1) is 10.6 Å². The first-order valence-electron chi connectivity index (χ1n) is 6.81. The number of hydrogen-bond acceptors (Lipinski definition) is 2. The molecular formula is C16H16Cl2N2O. The molecule has 1 amide bonds. The highest BCUT2D eigenvalue weighted by Gasteiger charge is 2.09. The van der Waals surface area contributed by atoms with Crippen LogP contribution in [0.15, 0.2) is 36.5 Å². The van der Waals surface area contributed by atoms with Crippen LogP contribution in [0.2, 0.25) is 10.2 Å². The molecule has 0 bridgehead atoms. The Morgan fingerprint density at radius 2 is 1.95 bits per heavy atom. The minimum Gasteiger partial charge on any atom is -0.322 e. The van der Waals surface area contributed by atoms with Crippen molar-refractivity contribution in [1.29, 1.82) is 0 Å². The first kappa shape index (κ1) is 15.8. The number of anilines is 1. The molecule has 0 saturated heterocycles. The molecule has 0 atom stereocenters. The van der Waals surface area contributed by atoms with Gasteiger partial charge in [0.1, 0.15) is 5.15 Å². The zero-order chi connectivity index (χ0) is 15.2. The molecule has 1 aromatic heterocycles. The molecular weight excluding hydrogens is 307 g/mol. The van der Waals surface area contributed by atoms with Gasteiger partial charge in [-0.25, -0.2) is 4.98 Å². The third-order valence-corrected chi connectivity index (χ3v) is 3.78. The van der Waals surface area contributed by atoms with E-state index >= 15 is 0 Å². The molecule has 0 spiro atoms. The van der Waals surface area contributed by atoms with Gasteiger partial charge in [0.25, 0.3) is 5.91 Å². The number of aryl methyl sites for hydroxylation is 1. The van der Waals surface area contributed by atoms with Crippen LogP contribution in [0.1, 0.15) is 35.7 Å². The fourth-order valence-corrected chi connectivity index (χ4v) is 2.15. The highest BCUT2D eigenvalue weighted by Crippen LogP contribution is 2.20. The summed E-state index contributed by atoms with van der Waals surface area (Å²) in [6.45, 7) is 2.17. The first-order chi connectivity index (χ1) is 10.1. The van der Waals surface area contributed by atoms with Crippen LogP contribution in [0.3, 0.4) is 0 Å². The lowest BCUT2D eigenvalue weighted by Crippen LogP contribution is -2.12. The average Bonchev–Trinajstić information content (AvgIpc) is 2.49. The second kappa shape index (κ2) is 7.43. The zero-order valence-electron chi connectivity index (χ0n) is 11.7. The molecule has 21 heavy (non-hydrogen) atoms. The second-order valence-electron chi connectivity index (χ2n) is 4.75. The maximum atomic E-state index is 12.1. The number of pyridine rings is 1. The van der Waals surface area contributed by atoms with Crippen molar-refractivity contribution in [3.05, 3.63) is 57.8 Å². The Bertz CT molecular complexity index is 627. The number of carbonyl (C=O) groups is 1. The minimum absolute atomic E-state index is 0.188. The van der Waals surface area contributed by atoms with E-state index in [0.717, 1.165) is 12.1 Å². The van der Waals surface area contributed by atoms with Crippen molar-refractivity contribution in [3.8, 4) is 0 Å². The zero-order valence-corrected chi connectivity index (χ0v) is 13.2. The van der Waals surface area contributed by atoms with Gasteiger partial charge in [-0.3, -0.25) is 4.79 Å². The predicted octanol–water partition coefficient (Wildman–Crippen LogP) is 4.98. The van der Waals surface area contributed by atoms with E-state index in [1.54, 1.807) is 0 Å². The van der Waals surface area contributed by atoms with E-state index in [2.05, 4.69) is 17.2 Å². The van der Waals surface area contributed by atoms with Gasteiger partial charge in [-0.1, -0.05) is 48.7 Å². The van der Waals surface area contributed by atoms with Gasteiger partial charge in [0.2, 0.25) is 0 Å². The summed E-state index contributed by atoms with van der Waals surface area (Å²) in [6.07, 6.45) is 4.80. The molecule has 2 rings (SSSR count). The molecule has 0 aliphatic rings. The van der Waals surface area contributed by atoms with Crippen molar-refractivity contribution in [3.63, 3.8) is 0 Å². The number of hydrogen-bond donors (Lipinski definition) is 1. The maximum absolute atomic E-state index is 12.1. The quantitative estimate of drug-likeness (QED) is 0.788. The topological polar surface area (TPSA) is 42.0 Å². The molecule has 1 aromatic carbocycles. The molecule has 5 heteroatoms. The first-order valence-corrected chi connectivity index (χ1v) is 7.57. The number of unbranched alkanes of at least 4 members (excludes halogenated alkanes) is 1.